The van der Waals surface area contributed by atoms with Gasteiger partial charge in [0.2, 0.25) is 11.8 Å². The molecule has 0 N–H and O–H groups in total. The van der Waals surface area contributed by atoms with Gasteiger partial charge in [0.15, 0.2) is 71.9 Å². The minimum atomic E-state index is -0.474. The number of rotatable bonds is 29. The van der Waals surface area contributed by atoms with Crippen LogP contribution in [0.1, 0.15) is 107 Å². The van der Waals surface area contributed by atoms with Crippen LogP contribution in [-0.4, -0.2) is 135 Å². The minimum absolute atomic E-state index is 0.0295. The Morgan fingerprint density at radius 2 is 0.732 bits per heavy atom. The van der Waals surface area contributed by atoms with Crippen molar-refractivity contribution in [2.45, 2.75) is 114 Å². The summed E-state index contributed by atoms with van der Waals surface area (Å²) in [7, 11) is 19.2. The van der Waals surface area contributed by atoms with E-state index in [9.17, 15) is 57.1 Å². The molecule has 12 heterocycles. The Morgan fingerprint density at radius 3 is 1.11 bits per heavy atom. The van der Waals surface area contributed by atoms with Crippen molar-refractivity contribution in [1.29, 1.82) is 0 Å². The predicted molar refractivity (Wildman–Crippen MR) is 576 cm³/mol. The van der Waals surface area contributed by atoms with Crippen LogP contribution >= 0.6 is 78.6 Å². The molecular formula is C103H104Br2Cl2FN23O16S2. The van der Waals surface area contributed by atoms with E-state index in [1.165, 1.54) is 93.7 Å². The first-order valence-electron chi connectivity index (χ1n) is 46.8. The van der Waals surface area contributed by atoms with Crippen molar-refractivity contribution in [2.24, 2.45) is 70.5 Å². The molecule has 0 amide bonds. The fraction of sp³-hybridized carbons (Fsp3) is 0.282. The number of thioether (sulfide) groups is 2. The van der Waals surface area contributed by atoms with Gasteiger partial charge >= 0.3 is 40.5 Å². The van der Waals surface area contributed by atoms with Gasteiger partial charge in [-0.3, -0.25) is 88.1 Å². The summed E-state index contributed by atoms with van der Waals surface area (Å²) in [5.41, 5.74) is 6.61. The van der Waals surface area contributed by atoms with Crippen molar-refractivity contribution in [3.63, 3.8) is 0 Å². The van der Waals surface area contributed by atoms with Crippen LogP contribution in [0, 0.1) is 5.82 Å². The molecule has 774 valence electrons. The number of ketones is 1. The Hall–Kier alpha value is -15.1. The average molecular weight is 2230 g/mol. The fourth-order valence-electron chi connectivity index (χ4n) is 16.3. The third-order valence-electron chi connectivity index (χ3n) is 24.1. The number of ether oxygens (including phenoxy) is 3. The van der Waals surface area contributed by atoms with Crippen molar-refractivity contribution in [3.05, 3.63) is 373 Å². The molecule has 0 spiro atoms. The number of carbonyl (C=O) groups excluding carboxylic acids is 1. The van der Waals surface area contributed by atoms with E-state index in [2.05, 4.69) is 71.6 Å². The SMILES string of the molecule is CCCC(=O)c1cccc(Oc2nc3c(c(=O)n(C)c(=O)n3C)n2Cc2cccc(Br)c2)c1.CCOc1nc2c(c(=O)n(C)c(=O)n2C)n1Cc1cccc(Cl)c1.CCc1coc(CSc2nc3c(c(=O)n(C)c(=O)n3C)n2Cc2ccc(Br)cc2)n1.CCc1coc(CSc2nc3c(c(=O)n(C)c(=O)n3C)n2Cc2ccc(F)cc2)n1.CN(C)Cc1cccc(Oc2nc3c(c(=O)n(C)c(=O)n3C)n2Cc2cccc(Cl)c2)c1. The molecular weight excluding hydrogens is 2130 g/mol. The maximum atomic E-state index is 13.3. The number of carbonyl (C=O) groups is 1. The number of halogens is 5. The van der Waals surface area contributed by atoms with E-state index in [4.69, 9.17) is 46.2 Å². The maximum absolute atomic E-state index is 13.3. The smallest absolute Gasteiger partial charge is 0.332 e. The Kier molecular flexibility index (Phi) is 34.1. The van der Waals surface area contributed by atoms with Crippen LogP contribution in [0.5, 0.6) is 29.5 Å². The van der Waals surface area contributed by atoms with Crippen LogP contribution in [0.2, 0.25) is 10.0 Å². The number of imidazole rings is 5. The molecule has 0 aliphatic carbocycles. The van der Waals surface area contributed by atoms with Crippen molar-refractivity contribution in [3.8, 4) is 29.5 Å². The van der Waals surface area contributed by atoms with Gasteiger partial charge in [-0.05, 0) is 159 Å². The number of nitrogens with zero attached hydrogens (tertiary/aromatic N) is 23. The van der Waals surface area contributed by atoms with E-state index in [0.717, 1.165) is 102 Å². The molecule has 0 radical (unpaired) electrons. The van der Waals surface area contributed by atoms with Gasteiger partial charge < -0.3 is 37.1 Å². The minimum Gasteiger partial charge on any atom is -0.465 e. The quantitative estimate of drug-likeness (QED) is 0.0310. The van der Waals surface area contributed by atoms with Gasteiger partial charge in [-0.15, -0.1) is 0 Å². The lowest BCUT2D eigenvalue weighted by Gasteiger charge is -2.13. The van der Waals surface area contributed by atoms with E-state index >= 15 is 0 Å². The lowest BCUT2D eigenvalue weighted by molar-refractivity contribution is 0.0981. The molecule has 0 fully saturated rings. The summed E-state index contributed by atoms with van der Waals surface area (Å²) in [6, 6.07) is 51.5. The number of benzene rings is 7. The topological polar surface area (TPSA) is 409 Å². The molecule has 0 aliphatic rings. The van der Waals surface area contributed by atoms with E-state index in [1.54, 1.807) is 115 Å². The number of hydrogen-bond donors (Lipinski definition) is 0. The normalized spacial score (nSPS) is 11.3. The number of aryl methyl sites for hydroxylation is 7. The molecule has 46 heteroatoms. The van der Waals surface area contributed by atoms with Crippen molar-refractivity contribution in [1.82, 2.24) is 108 Å². The summed E-state index contributed by atoms with van der Waals surface area (Å²) >= 11 is 21.9. The van der Waals surface area contributed by atoms with Crippen molar-refractivity contribution < 1.29 is 32.2 Å². The average Bonchev–Trinajstić information content (AvgIpc) is 1.61. The van der Waals surface area contributed by atoms with E-state index in [0.29, 0.717) is 146 Å². The fourth-order valence-corrected chi connectivity index (χ4v) is 19.1. The zero-order valence-electron chi connectivity index (χ0n) is 84.0. The zero-order chi connectivity index (χ0) is 107. The number of aromatic nitrogens is 22. The van der Waals surface area contributed by atoms with Crippen LogP contribution < -0.4 is 70.5 Å². The molecule has 0 atom stereocenters. The van der Waals surface area contributed by atoms with Gasteiger partial charge in [-0.2, -0.15) is 15.0 Å². The van der Waals surface area contributed by atoms with E-state index in [1.807, 2.05) is 156 Å². The molecule has 19 aromatic rings. The second kappa shape index (κ2) is 47.0. The molecule has 12 aromatic heterocycles. The van der Waals surface area contributed by atoms with Gasteiger partial charge in [0.1, 0.15) is 29.8 Å². The Morgan fingerprint density at radius 1 is 0.383 bits per heavy atom. The molecule has 19 rings (SSSR count). The van der Waals surface area contributed by atoms with Gasteiger partial charge in [0, 0.05) is 108 Å². The molecule has 0 unspecified atom stereocenters. The molecule has 0 aliphatic heterocycles. The Bertz CT molecular complexity index is 8780. The van der Waals surface area contributed by atoms with Crippen LogP contribution in [0.15, 0.2) is 258 Å². The summed E-state index contributed by atoms with van der Waals surface area (Å²) in [4.78, 5) is 172. The van der Waals surface area contributed by atoms with Crippen LogP contribution in [0.4, 0.5) is 4.39 Å². The molecule has 0 bridgehead atoms. The van der Waals surface area contributed by atoms with Crippen LogP contribution in [0.25, 0.3) is 55.8 Å². The molecule has 149 heavy (non-hydrogen) atoms. The highest BCUT2D eigenvalue weighted by atomic mass is 79.9. The number of oxazole rings is 2. The highest BCUT2D eigenvalue weighted by Crippen LogP contribution is 2.34. The largest absolute Gasteiger partial charge is 0.465 e. The lowest BCUT2D eigenvalue weighted by atomic mass is 10.1. The first-order valence-corrected chi connectivity index (χ1v) is 51.1. The molecule has 39 nitrogen and oxygen atoms in total. The van der Waals surface area contributed by atoms with Gasteiger partial charge in [0.25, 0.3) is 33.8 Å². The zero-order valence-corrected chi connectivity index (χ0v) is 90.4. The standard InChI is InChI=1S/C24H23BrN4O4.C23H24ClN5O3.C20H20BrN5O3S.C20H20FN5O3S.C16H17ClN4O3/c1-4-7-19(30)16-9-6-11-18(13-16)33-23-26-21-20(22(31)28(3)24(32)27(21)2)29(23)14-15-8-5-10-17(25)12-15;1-26(2)13-16-8-6-10-18(12-16)32-22-25-20-19(21(30)28(4)23(31)27(20)3)29(22)14-15-7-5-9-17(24)11-15;2*1-4-14-10-29-15(22-14)11-30-19-23-17-16(18(27)25(3)20(28)24(17)2)26(19)9-12-5-7-13(21)8-6-12;1-4-24-15-18-13-12(14(22)20(3)16(23)19(13)2)21(15)9-10-6-5-7-11(17)8-10/h5-6,8-13H,4,7,14H2,1-3H3;5-12H,13-14H2,1-4H3;2*5-8,10H,4,9,11H2,1-3H3;5-8H,4,9H2,1-3H3. The first kappa shape index (κ1) is 108. The highest BCUT2D eigenvalue weighted by molar-refractivity contribution is 9.10. The second-order valence-corrected chi connectivity index (χ2v) is 39.5. The third-order valence-corrected chi connectivity index (χ3v) is 27.5. The number of hydrogen-bond acceptors (Lipinski definition) is 26. The second-order valence-electron chi connectivity index (χ2n) is 34.9. The monoisotopic (exact) mass is 2230 g/mol. The van der Waals surface area contributed by atoms with E-state index in [-0.39, 0.29) is 51.5 Å². The Labute approximate surface area is 883 Å². The maximum Gasteiger partial charge on any atom is 0.332 e. The lowest BCUT2D eigenvalue weighted by Crippen LogP contribution is -2.37. The highest BCUT2D eigenvalue weighted by Gasteiger charge is 2.29. The summed E-state index contributed by atoms with van der Waals surface area (Å²) < 4.78 is 64.7. The van der Waals surface area contributed by atoms with Crippen LogP contribution in [-0.2, 0) is 134 Å². The van der Waals surface area contributed by atoms with Crippen molar-refractivity contribution in [2.75, 3.05) is 20.7 Å². The molecule has 7 aromatic carbocycles. The first-order chi connectivity index (χ1) is 71.2. The van der Waals surface area contributed by atoms with E-state index < -0.39 is 50.7 Å². The third kappa shape index (κ3) is 23.9. The van der Waals surface area contributed by atoms with Gasteiger partial charge in [-0.25, -0.2) is 48.3 Å². The summed E-state index contributed by atoms with van der Waals surface area (Å²) in [6.45, 7) is 10.7. The summed E-state index contributed by atoms with van der Waals surface area (Å²) in [5, 5.41) is 2.37. The summed E-state index contributed by atoms with van der Waals surface area (Å²) in [6.07, 6.45) is 6.05. The number of Topliss-reactive ketones (excluding diaryl/α,β-unsaturated/α-hetero) is 1. The van der Waals surface area contributed by atoms with Gasteiger partial charge in [-0.1, -0.05) is 184 Å². The Balaban J connectivity index is 0.000000140. The van der Waals surface area contributed by atoms with Crippen molar-refractivity contribution >= 4 is 140 Å². The number of fused-ring (bicyclic) bond motifs is 5. The van der Waals surface area contributed by atoms with Crippen LogP contribution in [0.3, 0.4) is 0 Å². The van der Waals surface area contributed by atoms with Gasteiger partial charge in [0.05, 0.1) is 62.2 Å². The molecule has 0 saturated carbocycles. The summed E-state index contributed by atoms with van der Waals surface area (Å²) in [5.74, 6) is 2.75. The molecule has 0 saturated heterocycles. The predicted octanol–water partition coefficient (Wildman–Crippen LogP) is 14.1.